The van der Waals surface area contributed by atoms with E-state index in [1.165, 1.54) is 5.56 Å². The average molecular weight is 254 g/mol. The number of amides is 1. The van der Waals surface area contributed by atoms with E-state index in [9.17, 15) is 4.79 Å². The molecule has 0 saturated carbocycles. The number of hydrogen-bond acceptors (Lipinski definition) is 2. The highest BCUT2D eigenvalue weighted by Gasteiger charge is 2.04. The van der Waals surface area contributed by atoms with Gasteiger partial charge in [0.25, 0.3) is 0 Å². The summed E-state index contributed by atoms with van der Waals surface area (Å²) in [6, 6.07) is 15.5. The quantitative estimate of drug-likeness (QED) is 0.823. The molecule has 0 bridgehead atoms. The number of anilines is 2. The van der Waals surface area contributed by atoms with Crippen molar-refractivity contribution in [3.05, 3.63) is 59.7 Å². The number of benzene rings is 2. The van der Waals surface area contributed by atoms with Gasteiger partial charge in [0.05, 0.1) is 0 Å². The molecule has 98 valence electrons. The molecule has 0 aliphatic rings. The Labute approximate surface area is 113 Å². The maximum Gasteiger partial charge on any atom is 0.224 e. The van der Waals surface area contributed by atoms with Crippen LogP contribution in [0.1, 0.15) is 17.5 Å². The Morgan fingerprint density at radius 2 is 1.89 bits per heavy atom. The molecule has 1 amide bonds. The summed E-state index contributed by atoms with van der Waals surface area (Å²) in [5, 5.41) is 2.86. The monoisotopic (exact) mass is 254 g/mol. The van der Waals surface area contributed by atoms with Gasteiger partial charge in [-0.25, -0.2) is 0 Å². The van der Waals surface area contributed by atoms with Gasteiger partial charge in [-0.05, 0) is 36.6 Å². The third-order valence-corrected chi connectivity index (χ3v) is 3.05. The molecule has 2 rings (SSSR count). The molecule has 0 atom stereocenters. The van der Waals surface area contributed by atoms with Gasteiger partial charge in [0.2, 0.25) is 5.91 Å². The third kappa shape index (κ3) is 3.85. The fourth-order valence-corrected chi connectivity index (χ4v) is 1.84. The van der Waals surface area contributed by atoms with E-state index < -0.39 is 0 Å². The molecule has 3 N–H and O–H groups in total. The average Bonchev–Trinajstić information content (AvgIpc) is 2.42. The van der Waals surface area contributed by atoms with E-state index in [0.717, 1.165) is 17.7 Å². The molecule has 2 aromatic carbocycles. The number of nitrogens with one attached hydrogen (secondary N) is 1. The molecule has 19 heavy (non-hydrogen) atoms. The predicted octanol–water partition coefficient (Wildman–Crippen LogP) is 3.15. The lowest BCUT2D eigenvalue weighted by Gasteiger charge is -2.07. The molecule has 0 aliphatic carbocycles. The lowest BCUT2D eigenvalue weighted by molar-refractivity contribution is -0.116. The first-order valence-corrected chi connectivity index (χ1v) is 6.35. The van der Waals surface area contributed by atoms with Gasteiger partial charge in [0.1, 0.15) is 0 Å². The van der Waals surface area contributed by atoms with Crippen molar-refractivity contribution in [2.45, 2.75) is 19.8 Å². The lowest BCUT2D eigenvalue weighted by atomic mass is 10.1. The molecule has 0 saturated heterocycles. The van der Waals surface area contributed by atoms with Crippen molar-refractivity contribution in [1.82, 2.24) is 0 Å². The summed E-state index contributed by atoms with van der Waals surface area (Å²) < 4.78 is 0. The van der Waals surface area contributed by atoms with Crippen LogP contribution < -0.4 is 11.1 Å². The van der Waals surface area contributed by atoms with Crippen LogP contribution in [0.2, 0.25) is 0 Å². The van der Waals surface area contributed by atoms with Crippen molar-refractivity contribution < 1.29 is 4.79 Å². The van der Waals surface area contributed by atoms with Crippen molar-refractivity contribution in [3.8, 4) is 0 Å². The van der Waals surface area contributed by atoms with E-state index in [1.807, 2.05) is 49.4 Å². The van der Waals surface area contributed by atoms with Crippen LogP contribution in [-0.2, 0) is 11.2 Å². The highest BCUT2D eigenvalue weighted by atomic mass is 16.1. The van der Waals surface area contributed by atoms with Crippen LogP contribution >= 0.6 is 0 Å². The predicted molar refractivity (Wildman–Crippen MR) is 79.0 cm³/mol. The van der Waals surface area contributed by atoms with Crippen molar-refractivity contribution in [2.75, 3.05) is 11.1 Å². The second kappa shape index (κ2) is 6.05. The van der Waals surface area contributed by atoms with Gasteiger partial charge >= 0.3 is 0 Å². The normalized spacial score (nSPS) is 10.2. The summed E-state index contributed by atoms with van der Waals surface area (Å²) >= 11 is 0. The minimum Gasteiger partial charge on any atom is -0.398 e. The minimum absolute atomic E-state index is 0.00658. The standard InChI is InChI=1S/C16H18N2O/c1-12-7-9-14(11-15(12)17)18-16(19)10-8-13-5-3-2-4-6-13/h2-7,9,11H,8,10,17H2,1H3,(H,18,19). The first-order valence-electron chi connectivity index (χ1n) is 6.35. The van der Waals surface area contributed by atoms with E-state index in [4.69, 9.17) is 5.73 Å². The zero-order valence-corrected chi connectivity index (χ0v) is 11.0. The van der Waals surface area contributed by atoms with Gasteiger partial charge in [-0.15, -0.1) is 0 Å². The highest BCUT2D eigenvalue weighted by Crippen LogP contribution is 2.17. The fraction of sp³-hybridized carbons (Fsp3) is 0.188. The Hall–Kier alpha value is -2.29. The number of nitrogen functional groups attached to an aromatic ring is 1. The van der Waals surface area contributed by atoms with E-state index in [0.29, 0.717) is 12.1 Å². The Bertz CT molecular complexity index is 564. The van der Waals surface area contributed by atoms with E-state index >= 15 is 0 Å². The van der Waals surface area contributed by atoms with Crippen LogP contribution in [0.15, 0.2) is 48.5 Å². The summed E-state index contributed by atoms with van der Waals surface area (Å²) in [5.74, 6) is 0.00658. The number of carbonyl (C=O) groups excluding carboxylic acids is 1. The SMILES string of the molecule is Cc1ccc(NC(=O)CCc2ccccc2)cc1N. The van der Waals surface area contributed by atoms with Crippen molar-refractivity contribution in [3.63, 3.8) is 0 Å². The molecule has 0 spiro atoms. The number of aryl methyl sites for hydroxylation is 2. The molecule has 2 aromatic rings. The largest absolute Gasteiger partial charge is 0.398 e. The zero-order valence-electron chi connectivity index (χ0n) is 11.0. The van der Waals surface area contributed by atoms with E-state index in [1.54, 1.807) is 6.07 Å². The first kappa shape index (κ1) is 13.1. The number of nitrogens with two attached hydrogens (primary N) is 1. The molecule has 0 aliphatic heterocycles. The van der Waals surface area contributed by atoms with E-state index in [-0.39, 0.29) is 5.91 Å². The van der Waals surface area contributed by atoms with Crippen LogP contribution in [0.3, 0.4) is 0 Å². The van der Waals surface area contributed by atoms with Gasteiger partial charge in [-0.2, -0.15) is 0 Å². The van der Waals surface area contributed by atoms with Crippen molar-refractivity contribution in [2.24, 2.45) is 0 Å². The van der Waals surface area contributed by atoms with Crippen LogP contribution in [0.5, 0.6) is 0 Å². The summed E-state index contributed by atoms with van der Waals surface area (Å²) in [7, 11) is 0. The third-order valence-electron chi connectivity index (χ3n) is 3.05. The Kier molecular flexibility index (Phi) is 4.18. The maximum absolute atomic E-state index is 11.8. The van der Waals surface area contributed by atoms with Gasteiger partial charge < -0.3 is 11.1 Å². The zero-order chi connectivity index (χ0) is 13.7. The van der Waals surface area contributed by atoms with Crippen molar-refractivity contribution >= 4 is 17.3 Å². The Morgan fingerprint density at radius 1 is 1.16 bits per heavy atom. The number of hydrogen-bond donors (Lipinski definition) is 2. The molecule has 0 heterocycles. The second-order valence-corrected chi connectivity index (χ2v) is 4.61. The molecule has 0 aromatic heterocycles. The Balaban J connectivity index is 1.89. The van der Waals surface area contributed by atoms with Crippen LogP contribution in [0.25, 0.3) is 0 Å². The summed E-state index contributed by atoms with van der Waals surface area (Å²) in [6.07, 6.45) is 1.21. The molecule has 0 unspecified atom stereocenters. The topological polar surface area (TPSA) is 55.1 Å². The lowest BCUT2D eigenvalue weighted by Crippen LogP contribution is -2.12. The molecule has 0 radical (unpaired) electrons. The maximum atomic E-state index is 11.8. The van der Waals surface area contributed by atoms with Crippen LogP contribution in [0, 0.1) is 6.92 Å². The smallest absolute Gasteiger partial charge is 0.224 e. The van der Waals surface area contributed by atoms with Crippen LogP contribution in [-0.4, -0.2) is 5.91 Å². The summed E-state index contributed by atoms with van der Waals surface area (Å²) in [4.78, 5) is 11.8. The Morgan fingerprint density at radius 3 is 2.58 bits per heavy atom. The highest BCUT2D eigenvalue weighted by molar-refractivity contribution is 5.91. The van der Waals surface area contributed by atoms with Crippen molar-refractivity contribution in [1.29, 1.82) is 0 Å². The fourth-order valence-electron chi connectivity index (χ4n) is 1.84. The van der Waals surface area contributed by atoms with Crippen LogP contribution in [0.4, 0.5) is 11.4 Å². The summed E-state index contributed by atoms with van der Waals surface area (Å²) in [5.41, 5.74) is 9.44. The first-order chi connectivity index (χ1) is 9.15. The molecular formula is C16H18N2O. The molecule has 3 nitrogen and oxygen atoms in total. The summed E-state index contributed by atoms with van der Waals surface area (Å²) in [6.45, 7) is 1.94. The van der Waals surface area contributed by atoms with Gasteiger partial charge in [-0.3, -0.25) is 4.79 Å². The second-order valence-electron chi connectivity index (χ2n) is 4.61. The number of carbonyl (C=O) groups is 1. The van der Waals surface area contributed by atoms with Gasteiger partial charge in [0, 0.05) is 17.8 Å². The molecular weight excluding hydrogens is 236 g/mol. The molecule has 3 heteroatoms. The van der Waals surface area contributed by atoms with Gasteiger partial charge in [-0.1, -0.05) is 36.4 Å². The van der Waals surface area contributed by atoms with E-state index in [2.05, 4.69) is 5.32 Å². The number of rotatable bonds is 4. The minimum atomic E-state index is 0.00658. The van der Waals surface area contributed by atoms with Gasteiger partial charge in [0.15, 0.2) is 0 Å². The molecule has 0 fully saturated rings.